The van der Waals surface area contributed by atoms with Gasteiger partial charge >= 0.3 is 0 Å². The zero-order chi connectivity index (χ0) is 19.9. The largest absolute Gasteiger partial charge is 0.372 e. The van der Waals surface area contributed by atoms with Gasteiger partial charge in [-0.05, 0) is 50.3 Å². The van der Waals surface area contributed by atoms with Crippen LogP contribution in [0, 0.1) is 19.8 Å². The van der Waals surface area contributed by atoms with Crippen molar-refractivity contribution >= 4 is 17.4 Å². The summed E-state index contributed by atoms with van der Waals surface area (Å²) in [5, 5.41) is 0. The molecule has 0 N–H and O–H groups in total. The van der Waals surface area contributed by atoms with E-state index < -0.39 is 0 Å². The molecule has 2 unspecified atom stereocenters. The molecular formula is C22H30N2O3. The van der Waals surface area contributed by atoms with Crippen LogP contribution < -0.4 is 0 Å². The standard InChI is InChI=1S/C22H30N2O3/c1-13(2)10-24-21(25)19(18-8-7-14(3)15(4)9-18)20(22(24)26)23-11-16(5)27-17(6)12-23/h7-9,13,16-17H,10-12H2,1-6H3. The summed E-state index contributed by atoms with van der Waals surface area (Å²) in [7, 11) is 0. The van der Waals surface area contributed by atoms with E-state index >= 15 is 0 Å². The third kappa shape index (κ3) is 3.79. The molecule has 0 saturated carbocycles. The number of rotatable bonds is 4. The van der Waals surface area contributed by atoms with Gasteiger partial charge in [-0.25, -0.2) is 0 Å². The minimum atomic E-state index is -0.182. The van der Waals surface area contributed by atoms with Gasteiger partial charge in [0.1, 0.15) is 5.70 Å². The van der Waals surface area contributed by atoms with Crippen molar-refractivity contribution in [3.05, 3.63) is 40.6 Å². The molecule has 2 heterocycles. The second kappa shape index (κ2) is 7.47. The highest BCUT2D eigenvalue weighted by Crippen LogP contribution is 2.34. The third-order valence-corrected chi connectivity index (χ3v) is 5.22. The van der Waals surface area contributed by atoms with E-state index in [-0.39, 0.29) is 29.9 Å². The van der Waals surface area contributed by atoms with Crippen LogP contribution >= 0.6 is 0 Å². The smallest absolute Gasteiger partial charge is 0.277 e. The van der Waals surface area contributed by atoms with Crippen LogP contribution in [-0.4, -0.2) is 53.5 Å². The van der Waals surface area contributed by atoms with Crippen molar-refractivity contribution in [2.24, 2.45) is 5.92 Å². The number of aryl methyl sites for hydroxylation is 2. The van der Waals surface area contributed by atoms with Gasteiger partial charge in [0.25, 0.3) is 11.8 Å². The van der Waals surface area contributed by atoms with Gasteiger partial charge < -0.3 is 9.64 Å². The quantitative estimate of drug-likeness (QED) is 0.764. The first-order valence-corrected chi connectivity index (χ1v) is 9.77. The van der Waals surface area contributed by atoms with E-state index in [1.165, 1.54) is 10.5 Å². The molecule has 1 aromatic rings. The van der Waals surface area contributed by atoms with Crippen LogP contribution in [0.2, 0.25) is 0 Å². The molecule has 5 heteroatoms. The molecule has 0 spiro atoms. The van der Waals surface area contributed by atoms with Gasteiger partial charge in [0.2, 0.25) is 0 Å². The summed E-state index contributed by atoms with van der Waals surface area (Å²) in [6, 6.07) is 5.99. The van der Waals surface area contributed by atoms with E-state index in [1.807, 2.05) is 64.6 Å². The van der Waals surface area contributed by atoms with Gasteiger partial charge in [0.15, 0.2) is 0 Å². The average molecular weight is 370 g/mol. The molecule has 146 valence electrons. The summed E-state index contributed by atoms with van der Waals surface area (Å²) in [4.78, 5) is 30.0. The molecule has 2 amide bonds. The number of ether oxygens (including phenoxy) is 1. The fourth-order valence-electron chi connectivity index (χ4n) is 3.91. The number of hydrogen-bond acceptors (Lipinski definition) is 4. The minimum Gasteiger partial charge on any atom is -0.372 e. The Morgan fingerprint density at radius 1 is 1.04 bits per heavy atom. The molecule has 27 heavy (non-hydrogen) atoms. The molecule has 0 aromatic heterocycles. The lowest BCUT2D eigenvalue weighted by atomic mass is 9.99. The Labute approximate surface area is 162 Å². The maximum Gasteiger partial charge on any atom is 0.277 e. The van der Waals surface area contributed by atoms with Crippen molar-refractivity contribution < 1.29 is 14.3 Å². The topological polar surface area (TPSA) is 49.9 Å². The SMILES string of the molecule is Cc1ccc(C2=C(N3CC(C)OC(C)C3)C(=O)N(CC(C)C)C2=O)cc1C. The fourth-order valence-corrected chi connectivity index (χ4v) is 3.91. The first kappa shape index (κ1) is 19.6. The summed E-state index contributed by atoms with van der Waals surface area (Å²) in [6.45, 7) is 13.8. The number of carbonyl (C=O) groups is 2. The van der Waals surface area contributed by atoms with Gasteiger partial charge in [0.05, 0.1) is 17.8 Å². The van der Waals surface area contributed by atoms with Crippen LogP contribution in [-0.2, 0) is 14.3 Å². The number of carbonyl (C=O) groups excluding carboxylic acids is 2. The van der Waals surface area contributed by atoms with Gasteiger partial charge in [-0.1, -0.05) is 32.0 Å². The third-order valence-electron chi connectivity index (χ3n) is 5.22. The summed E-state index contributed by atoms with van der Waals surface area (Å²) in [6.07, 6.45) is 0.0357. The highest BCUT2D eigenvalue weighted by Gasteiger charge is 2.43. The Morgan fingerprint density at radius 2 is 1.67 bits per heavy atom. The molecule has 1 saturated heterocycles. The van der Waals surface area contributed by atoms with E-state index in [0.717, 1.165) is 11.1 Å². The highest BCUT2D eigenvalue weighted by molar-refractivity contribution is 6.35. The Balaban J connectivity index is 2.10. The Morgan fingerprint density at radius 3 is 2.22 bits per heavy atom. The van der Waals surface area contributed by atoms with E-state index in [4.69, 9.17) is 4.74 Å². The average Bonchev–Trinajstić information content (AvgIpc) is 2.81. The predicted octanol–water partition coefficient (Wildman–Crippen LogP) is 3.15. The molecule has 3 rings (SSSR count). The zero-order valence-electron chi connectivity index (χ0n) is 17.2. The Bertz CT molecular complexity index is 787. The molecule has 2 atom stereocenters. The Hall–Kier alpha value is -2.14. The lowest BCUT2D eigenvalue weighted by molar-refractivity contribution is -0.138. The summed E-state index contributed by atoms with van der Waals surface area (Å²) < 4.78 is 5.83. The summed E-state index contributed by atoms with van der Waals surface area (Å²) in [5.74, 6) is -0.136. The second-order valence-corrected chi connectivity index (χ2v) is 8.30. The number of imide groups is 1. The molecule has 1 aromatic carbocycles. The highest BCUT2D eigenvalue weighted by atomic mass is 16.5. The van der Waals surface area contributed by atoms with Crippen LogP contribution in [0.25, 0.3) is 5.57 Å². The summed E-state index contributed by atoms with van der Waals surface area (Å²) in [5.41, 5.74) is 4.18. The maximum atomic E-state index is 13.3. The van der Waals surface area contributed by atoms with Gasteiger partial charge in [-0.2, -0.15) is 0 Å². The van der Waals surface area contributed by atoms with Crippen molar-refractivity contribution in [1.29, 1.82) is 0 Å². The number of nitrogens with zero attached hydrogens (tertiary/aromatic N) is 2. The predicted molar refractivity (Wildman–Crippen MR) is 106 cm³/mol. The van der Waals surface area contributed by atoms with Crippen LogP contribution in [0.5, 0.6) is 0 Å². The Kier molecular flexibility index (Phi) is 5.43. The van der Waals surface area contributed by atoms with Crippen LogP contribution in [0.4, 0.5) is 0 Å². The number of hydrogen-bond donors (Lipinski definition) is 0. The molecule has 2 aliphatic heterocycles. The van der Waals surface area contributed by atoms with Crippen molar-refractivity contribution in [3.8, 4) is 0 Å². The molecule has 0 radical (unpaired) electrons. The van der Waals surface area contributed by atoms with Crippen molar-refractivity contribution in [3.63, 3.8) is 0 Å². The summed E-state index contributed by atoms with van der Waals surface area (Å²) >= 11 is 0. The number of benzene rings is 1. The van der Waals surface area contributed by atoms with Crippen molar-refractivity contribution in [2.75, 3.05) is 19.6 Å². The normalized spacial score (nSPS) is 23.8. The molecule has 0 aliphatic carbocycles. The first-order chi connectivity index (χ1) is 12.7. The number of amides is 2. The van der Waals surface area contributed by atoms with Gasteiger partial charge in [0, 0.05) is 19.6 Å². The minimum absolute atomic E-state index is 0.0179. The monoisotopic (exact) mass is 370 g/mol. The van der Waals surface area contributed by atoms with E-state index in [9.17, 15) is 9.59 Å². The van der Waals surface area contributed by atoms with Crippen molar-refractivity contribution in [1.82, 2.24) is 9.80 Å². The van der Waals surface area contributed by atoms with E-state index in [1.54, 1.807) is 0 Å². The van der Waals surface area contributed by atoms with Crippen LogP contribution in [0.1, 0.15) is 44.4 Å². The van der Waals surface area contributed by atoms with E-state index in [0.29, 0.717) is 30.9 Å². The second-order valence-electron chi connectivity index (χ2n) is 8.30. The molecule has 2 aliphatic rings. The molecular weight excluding hydrogens is 340 g/mol. The lowest BCUT2D eigenvalue weighted by Crippen LogP contribution is -2.47. The van der Waals surface area contributed by atoms with Crippen molar-refractivity contribution in [2.45, 2.75) is 53.8 Å². The maximum absolute atomic E-state index is 13.3. The molecule has 5 nitrogen and oxygen atoms in total. The van der Waals surface area contributed by atoms with Gasteiger partial charge in [-0.15, -0.1) is 0 Å². The fraction of sp³-hybridized carbons (Fsp3) is 0.545. The lowest BCUT2D eigenvalue weighted by Gasteiger charge is -2.37. The first-order valence-electron chi connectivity index (χ1n) is 9.77. The van der Waals surface area contributed by atoms with E-state index in [2.05, 4.69) is 0 Å². The van der Waals surface area contributed by atoms with Crippen LogP contribution in [0.15, 0.2) is 23.9 Å². The molecule has 1 fully saturated rings. The van der Waals surface area contributed by atoms with Gasteiger partial charge in [-0.3, -0.25) is 14.5 Å². The number of morpholine rings is 1. The molecule has 0 bridgehead atoms. The zero-order valence-corrected chi connectivity index (χ0v) is 17.2. The van der Waals surface area contributed by atoms with Crippen LogP contribution in [0.3, 0.4) is 0 Å².